The number of aliphatic carboxylic acids is 1. The first-order valence-corrected chi connectivity index (χ1v) is 11.4. The molecule has 6 heteroatoms. The van der Waals surface area contributed by atoms with Crippen LogP contribution in [0.15, 0.2) is 60.7 Å². The molecule has 0 bridgehead atoms. The van der Waals surface area contributed by atoms with Crippen LogP contribution in [0, 0.1) is 11.8 Å². The zero-order chi connectivity index (χ0) is 22.8. The van der Waals surface area contributed by atoms with Gasteiger partial charge < -0.3 is 15.7 Å². The summed E-state index contributed by atoms with van der Waals surface area (Å²) < 4.78 is 0. The SMILES string of the molecule is O=C(CNC(=O)C(CCc1ccccc1)Cc1ccccc1)N[C@@H]1CCCC[C@H]1C(=O)O. The molecule has 3 rings (SSSR count). The summed E-state index contributed by atoms with van der Waals surface area (Å²) >= 11 is 0. The van der Waals surface area contributed by atoms with Gasteiger partial charge in [0.2, 0.25) is 11.8 Å². The Morgan fingerprint density at radius 1 is 0.906 bits per heavy atom. The molecule has 0 saturated heterocycles. The van der Waals surface area contributed by atoms with Gasteiger partial charge in [-0.05, 0) is 43.2 Å². The van der Waals surface area contributed by atoms with Gasteiger partial charge in [-0.25, -0.2) is 0 Å². The lowest BCUT2D eigenvalue weighted by Gasteiger charge is -2.29. The maximum absolute atomic E-state index is 13.0. The van der Waals surface area contributed by atoms with Gasteiger partial charge in [-0.15, -0.1) is 0 Å². The number of rotatable bonds is 10. The maximum Gasteiger partial charge on any atom is 0.308 e. The quantitative estimate of drug-likeness (QED) is 0.532. The molecule has 3 N–H and O–H groups in total. The predicted molar refractivity (Wildman–Crippen MR) is 123 cm³/mol. The Balaban J connectivity index is 1.56. The minimum Gasteiger partial charge on any atom is -0.481 e. The van der Waals surface area contributed by atoms with E-state index in [0.717, 1.165) is 24.8 Å². The average molecular weight is 437 g/mol. The largest absolute Gasteiger partial charge is 0.481 e. The van der Waals surface area contributed by atoms with E-state index < -0.39 is 11.9 Å². The van der Waals surface area contributed by atoms with E-state index in [4.69, 9.17) is 0 Å². The van der Waals surface area contributed by atoms with Crippen molar-refractivity contribution in [1.29, 1.82) is 0 Å². The lowest BCUT2D eigenvalue weighted by molar-refractivity contribution is -0.144. The molecule has 170 valence electrons. The standard InChI is InChI=1S/C26H32N2O4/c29-24(28-23-14-8-7-13-22(23)26(31)32)18-27-25(30)21(17-20-11-5-2-6-12-20)16-15-19-9-3-1-4-10-19/h1-6,9-12,21-23H,7-8,13-18H2,(H,27,30)(H,28,29)(H,31,32)/t21?,22-,23-/m1/s1. The van der Waals surface area contributed by atoms with Crippen molar-refractivity contribution in [3.63, 3.8) is 0 Å². The Morgan fingerprint density at radius 2 is 1.53 bits per heavy atom. The number of hydrogen-bond donors (Lipinski definition) is 3. The van der Waals surface area contributed by atoms with Crippen molar-refractivity contribution >= 4 is 17.8 Å². The maximum atomic E-state index is 13.0. The minimum atomic E-state index is -0.872. The van der Waals surface area contributed by atoms with Crippen molar-refractivity contribution < 1.29 is 19.5 Å². The number of hydrogen-bond acceptors (Lipinski definition) is 3. The highest BCUT2D eigenvalue weighted by Crippen LogP contribution is 2.24. The second-order valence-corrected chi connectivity index (χ2v) is 8.53. The average Bonchev–Trinajstić information content (AvgIpc) is 2.81. The smallest absolute Gasteiger partial charge is 0.308 e. The molecule has 1 unspecified atom stereocenters. The van der Waals surface area contributed by atoms with E-state index >= 15 is 0 Å². The zero-order valence-corrected chi connectivity index (χ0v) is 18.3. The Labute approximate surface area is 189 Å². The van der Waals surface area contributed by atoms with Gasteiger partial charge in [0, 0.05) is 12.0 Å². The highest BCUT2D eigenvalue weighted by Gasteiger charge is 2.31. The first-order valence-electron chi connectivity index (χ1n) is 11.4. The highest BCUT2D eigenvalue weighted by molar-refractivity contribution is 5.86. The molecule has 6 nitrogen and oxygen atoms in total. The third-order valence-electron chi connectivity index (χ3n) is 6.17. The van der Waals surface area contributed by atoms with E-state index in [2.05, 4.69) is 10.6 Å². The molecule has 0 aromatic heterocycles. The van der Waals surface area contributed by atoms with E-state index in [1.54, 1.807) is 0 Å². The van der Waals surface area contributed by atoms with Crippen LogP contribution in [0.2, 0.25) is 0 Å². The summed E-state index contributed by atoms with van der Waals surface area (Å²) in [6.07, 6.45) is 5.05. The monoisotopic (exact) mass is 436 g/mol. The number of carbonyl (C=O) groups excluding carboxylic acids is 2. The molecular weight excluding hydrogens is 404 g/mol. The van der Waals surface area contributed by atoms with Crippen molar-refractivity contribution in [3.05, 3.63) is 71.8 Å². The fraction of sp³-hybridized carbons (Fsp3) is 0.423. The molecule has 32 heavy (non-hydrogen) atoms. The molecule has 0 radical (unpaired) electrons. The van der Waals surface area contributed by atoms with E-state index in [1.165, 1.54) is 5.56 Å². The summed E-state index contributed by atoms with van der Waals surface area (Å²) in [5.41, 5.74) is 2.25. The lowest BCUT2D eigenvalue weighted by Crippen LogP contribution is -2.48. The summed E-state index contributed by atoms with van der Waals surface area (Å²) in [5.74, 6) is -2.17. The normalized spacial score (nSPS) is 19.0. The number of nitrogens with one attached hydrogen (secondary N) is 2. The number of carboxylic acid groups (broad SMARTS) is 1. The molecule has 1 aliphatic rings. The van der Waals surface area contributed by atoms with E-state index in [9.17, 15) is 19.5 Å². The molecular formula is C26H32N2O4. The van der Waals surface area contributed by atoms with E-state index in [0.29, 0.717) is 25.7 Å². The van der Waals surface area contributed by atoms with Gasteiger partial charge in [-0.3, -0.25) is 14.4 Å². The Kier molecular flexibility index (Phi) is 8.84. The van der Waals surface area contributed by atoms with E-state index in [1.807, 2.05) is 60.7 Å². The molecule has 2 amide bonds. The van der Waals surface area contributed by atoms with Crippen molar-refractivity contribution in [1.82, 2.24) is 10.6 Å². The molecule has 0 heterocycles. The molecule has 3 atom stereocenters. The number of benzene rings is 2. The van der Waals surface area contributed by atoms with Crippen LogP contribution in [0.5, 0.6) is 0 Å². The summed E-state index contributed by atoms with van der Waals surface area (Å²) in [6.45, 7) is -0.141. The fourth-order valence-corrected chi connectivity index (χ4v) is 4.38. The van der Waals surface area contributed by atoms with Crippen LogP contribution in [-0.2, 0) is 27.2 Å². The van der Waals surface area contributed by atoms with Crippen molar-refractivity contribution in [2.75, 3.05) is 6.54 Å². The fourth-order valence-electron chi connectivity index (χ4n) is 4.38. The number of carbonyl (C=O) groups is 3. The van der Waals surface area contributed by atoms with E-state index in [-0.39, 0.29) is 30.3 Å². The van der Waals surface area contributed by atoms with Crippen molar-refractivity contribution in [2.45, 2.75) is 51.0 Å². The third kappa shape index (κ3) is 7.22. The summed E-state index contributed by atoms with van der Waals surface area (Å²) in [7, 11) is 0. The molecule has 1 fully saturated rings. The number of carboxylic acids is 1. The van der Waals surface area contributed by atoms with Crippen LogP contribution in [-0.4, -0.2) is 35.5 Å². The summed E-state index contributed by atoms with van der Waals surface area (Å²) in [4.78, 5) is 36.8. The minimum absolute atomic E-state index is 0.141. The van der Waals surface area contributed by atoms with Crippen molar-refractivity contribution in [2.24, 2.45) is 11.8 Å². The van der Waals surface area contributed by atoms with Crippen LogP contribution in [0.25, 0.3) is 0 Å². The van der Waals surface area contributed by atoms with Crippen LogP contribution in [0.3, 0.4) is 0 Å². The van der Waals surface area contributed by atoms with Gasteiger partial charge in [0.1, 0.15) is 0 Å². The lowest BCUT2D eigenvalue weighted by atomic mass is 9.84. The second-order valence-electron chi connectivity index (χ2n) is 8.53. The van der Waals surface area contributed by atoms with Crippen LogP contribution < -0.4 is 10.6 Å². The van der Waals surface area contributed by atoms with Gasteiger partial charge in [-0.2, -0.15) is 0 Å². The summed E-state index contributed by atoms with van der Waals surface area (Å²) in [5, 5.41) is 15.0. The molecule has 0 spiro atoms. The zero-order valence-electron chi connectivity index (χ0n) is 18.3. The molecule has 2 aromatic carbocycles. The van der Waals surface area contributed by atoms with Crippen LogP contribution in [0.1, 0.15) is 43.2 Å². The molecule has 2 aromatic rings. The van der Waals surface area contributed by atoms with Crippen LogP contribution in [0.4, 0.5) is 0 Å². The van der Waals surface area contributed by atoms with Crippen LogP contribution >= 0.6 is 0 Å². The van der Waals surface area contributed by atoms with Gasteiger partial charge in [0.15, 0.2) is 0 Å². The molecule has 1 saturated carbocycles. The number of amides is 2. The van der Waals surface area contributed by atoms with Gasteiger partial charge in [0.25, 0.3) is 0 Å². The van der Waals surface area contributed by atoms with Crippen molar-refractivity contribution in [3.8, 4) is 0 Å². The second kappa shape index (κ2) is 12.0. The summed E-state index contributed by atoms with van der Waals surface area (Å²) in [6, 6.07) is 19.5. The highest BCUT2D eigenvalue weighted by atomic mass is 16.4. The Bertz CT molecular complexity index is 885. The van der Waals surface area contributed by atoms with Gasteiger partial charge in [-0.1, -0.05) is 73.5 Å². The first kappa shape index (κ1) is 23.5. The number of aryl methyl sites for hydroxylation is 1. The third-order valence-corrected chi connectivity index (χ3v) is 6.17. The molecule has 0 aliphatic heterocycles. The van der Waals surface area contributed by atoms with Gasteiger partial charge in [0.05, 0.1) is 12.5 Å². The van der Waals surface area contributed by atoms with Gasteiger partial charge >= 0.3 is 5.97 Å². The molecule has 1 aliphatic carbocycles. The Morgan fingerprint density at radius 3 is 2.19 bits per heavy atom. The topological polar surface area (TPSA) is 95.5 Å². The predicted octanol–water partition coefficient (Wildman–Crippen LogP) is 3.35. The first-order chi connectivity index (χ1) is 15.5. The Hall–Kier alpha value is -3.15.